The van der Waals surface area contributed by atoms with Crippen molar-refractivity contribution in [2.24, 2.45) is 5.73 Å². The first-order chi connectivity index (χ1) is 10.1. The van der Waals surface area contributed by atoms with E-state index in [1.165, 1.54) is 0 Å². The van der Waals surface area contributed by atoms with Gasteiger partial charge in [-0.3, -0.25) is 0 Å². The molecule has 21 heavy (non-hydrogen) atoms. The predicted molar refractivity (Wildman–Crippen MR) is 86.2 cm³/mol. The topological polar surface area (TPSA) is 47.7 Å². The Morgan fingerprint density at radius 2 is 1.76 bits per heavy atom. The maximum absolute atomic E-state index is 6.02. The Morgan fingerprint density at radius 1 is 1.05 bits per heavy atom. The molecule has 0 aliphatic carbocycles. The lowest BCUT2D eigenvalue weighted by molar-refractivity contribution is 0.214. The van der Waals surface area contributed by atoms with Crippen LogP contribution in [-0.4, -0.2) is 27.7 Å². The van der Waals surface area contributed by atoms with Crippen molar-refractivity contribution in [1.82, 2.24) is 0 Å². The van der Waals surface area contributed by atoms with E-state index in [9.17, 15) is 0 Å². The zero-order valence-corrected chi connectivity index (χ0v) is 12.7. The van der Waals surface area contributed by atoms with Crippen LogP contribution in [0.4, 0.5) is 5.69 Å². The molecule has 1 atom stereocenters. The average Bonchev–Trinajstić information content (AvgIpc) is 2.53. The third-order valence-corrected chi connectivity index (χ3v) is 3.31. The van der Waals surface area contributed by atoms with Crippen molar-refractivity contribution < 1.29 is 9.47 Å². The van der Waals surface area contributed by atoms with E-state index in [-0.39, 0.29) is 6.10 Å². The van der Waals surface area contributed by atoms with Gasteiger partial charge in [-0.2, -0.15) is 0 Å². The number of nitrogens with zero attached hydrogens (tertiary/aromatic N) is 1. The van der Waals surface area contributed by atoms with Crippen molar-refractivity contribution in [3.8, 4) is 11.5 Å². The summed E-state index contributed by atoms with van der Waals surface area (Å²) in [4.78, 5) is 2.04. The minimum atomic E-state index is -0.173. The zero-order valence-electron chi connectivity index (χ0n) is 12.7. The lowest BCUT2D eigenvalue weighted by Gasteiger charge is -2.20. The molecule has 2 aromatic carbocycles. The fourth-order valence-electron chi connectivity index (χ4n) is 2.07. The molecule has 0 saturated carbocycles. The zero-order chi connectivity index (χ0) is 15.2. The maximum Gasteiger partial charge on any atom is 0.136 e. The van der Waals surface area contributed by atoms with Crippen LogP contribution in [0.1, 0.15) is 11.7 Å². The summed E-state index contributed by atoms with van der Waals surface area (Å²) < 4.78 is 11.2. The summed E-state index contributed by atoms with van der Waals surface area (Å²) in [5, 5.41) is 0. The Bertz CT molecular complexity index is 567. The number of benzene rings is 2. The van der Waals surface area contributed by atoms with Crippen LogP contribution < -0.4 is 20.1 Å². The second-order valence-electron chi connectivity index (χ2n) is 5.01. The molecule has 112 valence electrons. The van der Waals surface area contributed by atoms with E-state index in [0.717, 1.165) is 22.7 Å². The summed E-state index contributed by atoms with van der Waals surface area (Å²) in [7, 11) is 5.66. The van der Waals surface area contributed by atoms with E-state index < -0.39 is 0 Å². The molecule has 0 aromatic heterocycles. The van der Waals surface area contributed by atoms with Gasteiger partial charge in [0.1, 0.15) is 17.6 Å². The SMILES string of the molecule is COc1ccc(C(CN)Oc2cccc(N(C)C)c2)cc1. The highest BCUT2D eigenvalue weighted by atomic mass is 16.5. The standard InChI is InChI=1S/C17H22N2O2/c1-19(2)14-5-4-6-16(11-14)21-17(12-18)13-7-9-15(20-3)10-8-13/h4-11,17H,12,18H2,1-3H3. The highest BCUT2D eigenvalue weighted by Gasteiger charge is 2.12. The van der Waals surface area contributed by atoms with Crippen LogP contribution in [0.15, 0.2) is 48.5 Å². The largest absolute Gasteiger partial charge is 0.497 e. The van der Waals surface area contributed by atoms with E-state index in [0.29, 0.717) is 6.54 Å². The summed E-state index contributed by atoms with van der Waals surface area (Å²) in [5.41, 5.74) is 7.99. The lowest BCUT2D eigenvalue weighted by atomic mass is 10.1. The third kappa shape index (κ3) is 3.89. The van der Waals surface area contributed by atoms with Crippen molar-refractivity contribution >= 4 is 5.69 Å². The van der Waals surface area contributed by atoms with Crippen LogP contribution in [-0.2, 0) is 0 Å². The molecular weight excluding hydrogens is 264 g/mol. The van der Waals surface area contributed by atoms with E-state index in [2.05, 4.69) is 0 Å². The predicted octanol–water partition coefficient (Wildman–Crippen LogP) is 2.84. The van der Waals surface area contributed by atoms with Gasteiger partial charge in [0.05, 0.1) is 7.11 Å². The Labute approximate surface area is 126 Å². The molecule has 0 aliphatic heterocycles. The number of hydrogen-bond acceptors (Lipinski definition) is 4. The van der Waals surface area contributed by atoms with Gasteiger partial charge >= 0.3 is 0 Å². The molecule has 4 heteroatoms. The normalized spacial score (nSPS) is 11.8. The molecule has 0 aliphatic rings. The lowest BCUT2D eigenvalue weighted by Crippen LogP contribution is -2.18. The van der Waals surface area contributed by atoms with Gasteiger partial charge in [0.25, 0.3) is 0 Å². The summed E-state index contributed by atoms with van der Waals surface area (Å²) in [5.74, 6) is 1.64. The molecular formula is C17H22N2O2. The minimum absolute atomic E-state index is 0.173. The van der Waals surface area contributed by atoms with Gasteiger partial charge in [0, 0.05) is 32.4 Å². The number of methoxy groups -OCH3 is 1. The van der Waals surface area contributed by atoms with Gasteiger partial charge < -0.3 is 20.1 Å². The van der Waals surface area contributed by atoms with Gasteiger partial charge in [-0.15, -0.1) is 0 Å². The first kappa shape index (κ1) is 15.2. The molecule has 0 spiro atoms. The van der Waals surface area contributed by atoms with E-state index >= 15 is 0 Å². The molecule has 2 N–H and O–H groups in total. The van der Waals surface area contributed by atoms with Crippen molar-refractivity contribution in [1.29, 1.82) is 0 Å². The summed E-state index contributed by atoms with van der Waals surface area (Å²) in [6, 6.07) is 15.8. The number of rotatable bonds is 6. The molecule has 2 rings (SSSR count). The van der Waals surface area contributed by atoms with Gasteiger partial charge in [-0.05, 0) is 29.8 Å². The fraction of sp³-hybridized carbons (Fsp3) is 0.294. The van der Waals surface area contributed by atoms with E-state index in [1.807, 2.05) is 67.5 Å². The highest BCUT2D eigenvalue weighted by Crippen LogP contribution is 2.26. The number of nitrogens with two attached hydrogens (primary N) is 1. The van der Waals surface area contributed by atoms with Crippen LogP contribution in [0.3, 0.4) is 0 Å². The monoisotopic (exact) mass is 286 g/mol. The molecule has 0 amide bonds. The Hall–Kier alpha value is -2.20. The fourth-order valence-corrected chi connectivity index (χ4v) is 2.07. The number of hydrogen-bond donors (Lipinski definition) is 1. The second-order valence-corrected chi connectivity index (χ2v) is 5.01. The Kier molecular flexibility index (Phi) is 5.06. The minimum Gasteiger partial charge on any atom is -0.497 e. The summed E-state index contributed by atoms with van der Waals surface area (Å²) in [6.07, 6.45) is -0.173. The van der Waals surface area contributed by atoms with Gasteiger partial charge in [0.2, 0.25) is 0 Å². The molecule has 0 radical (unpaired) electrons. The van der Waals surface area contributed by atoms with Crippen LogP contribution in [0.2, 0.25) is 0 Å². The van der Waals surface area contributed by atoms with Gasteiger partial charge in [0.15, 0.2) is 0 Å². The molecule has 0 saturated heterocycles. The molecule has 1 unspecified atom stereocenters. The molecule has 2 aromatic rings. The quantitative estimate of drug-likeness (QED) is 0.887. The third-order valence-electron chi connectivity index (χ3n) is 3.31. The molecule has 0 bridgehead atoms. The molecule has 0 fully saturated rings. The van der Waals surface area contributed by atoms with Crippen LogP contribution in [0.25, 0.3) is 0 Å². The highest BCUT2D eigenvalue weighted by molar-refractivity contribution is 5.49. The van der Waals surface area contributed by atoms with Crippen molar-refractivity contribution in [3.63, 3.8) is 0 Å². The average molecular weight is 286 g/mol. The molecule has 0 heterocycles. The van der Waals surface area contributed by atoms with Crippen molar-refractivity contribution in [3.05, 3.63) is 54.1 Å². The number of anilines is 1. The van der Waals surface area contributed by atoms with Gasteiger partial charge in [-0.25, -0.2) is 0 Å². The first-order valence-corrected chi connectivity index (χ1v) is 6.92. The van der Waals surface area contributed by atoms with Crippen LogP contribution >= 0.6 is 0 Å². The first-order valence-electron chi connectivity index (χ1n) is 6.92. The van der Waals surface area contributed by atoms with E-state index in [4.69, 9.17) is 15.2 Å². The Morgan fingerprint density at radius 3 is 2.33 bits per heavy atom. The number of ether oxygens (including phenoxy) is 2. The Balaban J connectivity index is 2.16. The van der Waals surface area contributed by atoms with E-state index in [1.54, 1.807) is 7.11 Å². The van der Waals surface area contributed by atoms with Crippen molar-refractivity contribution in [2.75, 3.05) is 32.6 Å². The van der Waals surface area contributed by atoms with Crippen molar-refractivity contribution in [2.45, 2.75) is 6.10 Å². The van der Waals surface area contributed by atoms with Crippen LogP contribution in [0.5, 0.6) is 11.5 Å². The summed E-state index contributed by atoms with van der Waals surface area (Å²) in [6.45, 7) is 0.415. The maximum atomic E-state index is 6.02. The van der Waals surface area contributed by atoms with Crippen LogP contribution in [0, 0.1) is 0 Å². The van der Waals surface area contributed by atoms with Gasteiger partial charge in [-0.1, -0.05) is 18.2 Å². The second kappa shape index (κ2) is 6.99. The summed E-state index contributed by atoms with van der Waals surface area (Å²) >= 11 is 0. The smallest absolute Gasteiger partial charge is 0.136 e. The molecule has 4 nitrogen and oxygen atoms in total.